The van der Waals surface area contributed by atoms with E-state index in [0.717, 1.165) is 16.3 Å². The first kappa shape index (κ1) is 14.0. The van der Waals surface area contributed by atoms with Gasteiger partial charge in [-0.05, 0) is 29.8 Å². The van der Waals surface area contributed by atoms with Crippen molar-refractivity contribution in [2.45, 2.75) is 6.92 Å². The molecule has 108 valence electrons. The van der Waals surface area contributed by atoms with Crippen molar-refractivity contribution in [3.8, 4) is 0 Å². The van der Waals surface area contributed by atoms with E-state index in [-0.39, 0.29) is 0 Å². The molecule has 0 fully saturated rings. The zero-order chi connectivity index (χ0) is 15.4. The van der Waals surface area contributed by atoms with Crippen LogP contribution >= 0.6 is 0 Å². The smallest absolute Gasteiger partial charge is 0.313 e. The minimum absolute atomic E-state index is 0.458. The maximum absolute atomic E-state index is 11.9. The Hall–Kier alpha value is -2.94. The highest BCUT2D eigenvalue weighted by atomic mass is 16.7. The third-order valence-corrected chi connectivity index (χ3v) is 3.45. The largest absolute Gasteiger partial charge is 0.365 e. The summed E-state index contributed by atoms with van der Waals surface area (Å²) in [7, 11) is 0. The molecule has 0 saturated carbocycles. The molecule has 3 rings (SSSR count). The van der Waals surface area contributed by atoms with Crippen LogP contribution in [0.2, 0.25) is 0 Å². The van der Waals surface area contributed by atoms with E-state index in [4.69, 9.17) is 4.84 Å². The standard InChI is InChI=1S/C19H15NO2/c1-14(20-22-19(21)16-9-3-2-4-10-16)17-13-7-11-15-8-5-6-12-18(15)17/h2-13H,1H3. The van der Waals surface area contributed by atoms with E-state index in [1.54, 1.807) is 24.3 Å². The van der Waals surface area contributed by atoms with Crippen LogP contribution in [0.15, 0.2) is 78.0 Å². The zero-order valence-electron chi connectivity index (χ0n) is 12.2. The van der Waals surface area contributed by atoms with E-state index in [9.17, 15) is 4.79 Å². The number of hydrogen-bond acceptors (Lipinski definition) is 3. The third kappa shape index (κ3) is 2.88. The fraction of sp³-hybridized carbons (Fsp3) is 0.0526. The Balaban J connectivity index is 1.86. The van der Waals surface area contributed by atoms with Crippen LogP contribution in [0.25, 0.3) is 10.8 Å². The molecule has 3 aromatic carbocycles. The van der Waals surface area contributed by atoms with Gasteiger partial charge in [-0.25, -0.2) is 4.79 Å². The summed E-state index contributed by atoms with van der Waals surface area (Å²) in [5.74, 6) is -0.458. The Morgan fingerprint density at radius 3 is 2.36 bits per heavy atom. The third-order valence-electron chi connectivity index (χ3n) is 3.45. The summed E-state index contributed by atoms with van der Waals surface area (Å²) >= 11 is 0. The van der Waals surface area contributed by atoms with Crippen molar-refractivity contribution in [1.29, 1.82) is 0 Å². The van der Waals surface area contributed by atoms with Crippen LogP contribution in [0.3, 0.4) is 0 Å². The Morgan fingerprint density at radius 2 is 1.55 bits per heavy atom. The molecule has 3 nitrogen and oxygen atoms in total. The predicted molar refractivity (Wildman–Crippen MR) is 88.0 cm³/mol. The molecular formula is C19H15NO2. The molecule has 0 aliphatic rings. The summed E-state index contributed by atoms with van der Waals surface area (Å²) in [4.78, 5) is 17.0. The van der Waals surface area contributed by atoms with E-state index in [0.29, 0.717) is 11.3 Å². The second-order valence-corrected chi connectivity index (χ2v) is 4.95. The van der Waals surface area contributed by atoms with Gasteiger partial charge in [0.2, 0.25) is 0 Å². The van der Waals surface area contributed by atoms with Gasteiger partial charge in [0, 0.05) is 5.56 Å². The van der Waals surface area contributed by atoms with Gasteiger partial charge >= 0.3 is 5.97 Å². The number of carbonyl (C=O) groups is 1. The summed E-state index contributed by atoms with van der Waals surface area (Å²) in [6, 6.07) is 22.9. The topological polar surface area (TPSA) is 38.7 Å². The van der Waals surface area contributed by atoms with Crippen molar-refractivity contribution in [2.75, 3.05) is 0 Å². The molecule has 0 amide bonds. The Labute approximate surface area is 128 Å². The molecule has 0 saturated heterocycles. The van der Waals surface area contributed by atoms with E-state index in [2.05, 4.69) is 5.16 Å². The minimum atomic E-state index is -0.458. The number of nitrogens with zero attached hydrogens (tertiary/aromatic N) is 1. The van der Waals surface area contributed by atoms with Crippen molar-refractivity contribution in [3.05, 3.63) is 83.9 Å². The molecule has 0 aromatic heterocycles. The normalized spacial score (nSPS) is 11.4. The molecule has 0 aliphatic carbocycles. The number of rotatable bonds is 3. The van der Waals surface area contributed by atoms with E-state index in [1.165, 1.54) is 0 Å². The van der Waals surface area contributed by atoms with Crippen LogP contribution < -0.4 is 0 Å². The molecule has 22 heavy (non-hydrogen) atoms. The van der Waals surface area contributed by atoms with Gasteiger partial charge < -0.3 is 4.84 Å². The van der Waals surface area contributed by atoms with Crippen LogP contribution in [0.4, 0.5) is 0 Å². The average molecular weight is 289 g/mol. The fourth-order valence-corrected chi connectivity index (χ4v) is 2.33. The predicted octanol–water partition coefficient (Wildman–Crippen LogP) is 4.42. The maximum Gasteiger partial charge on any atom is 0.365 e. The van der Waals surface area contributed by atoms with Crippen LogP contribution in [0, 0.1) is 0 Å². The highest BCUT2D eigenvalue weighted by molar-refractivity contribution is 6.09. The number of oxime groups is 1. The van der Waals surface area contributed by atoms with Gasteiger partial charge in [0.25, 0.3) is 0 Å². The molecule has 0 spiro atoms. The first-order chi connectivity index (χ1) is 10.8. The first-order valence-corrected chi connectivity index (χ1v) is 7.05. The van der Waals surface area contributed by atoms with Crippen molar-refractivity contribution < 1.29 is 9.63 Å². The second-order valence-electron chi connectivity index (χ2n) is 4.95. The highest BCUT2D eigenvalue weighted by Crippen LogP contribution is 2.19. The van der Waals surface area contributed by atoms with Crippen molar-refractivity contribution in [3.63, 3.8) is 0 Å². The molecule has 0 radical (unpaired) electrons. The summed E-state index contributed by atoms with van der Waals surface area (Å²) in [5.41, 5.74) is 2.11. The van der Waals surface area contributed by atoms with E-state index < -0.39 is 5.97 Å². The highest BCUT2D eigenvalue weighted by Gasteiger charge is 2.08. The molecule has 3 heteroatoms. The number of hydrogen-bond donors (Lipinski definition) is 0. The van der Waals surface area contributed by atoms with Crippen molar-refractivity contribution in [2.24, 2.45) is 5.16 Å². The van der Waals surface area contributed by atoms with Crippen LogP contribution in [0.5, 0.6) is 0 Å². The van der Waals surface area contributed by atoms with E-state index >= 15 is 0 Å². The van der Waals surface area contributed by atoms with Gasteiger partial charge in [0.1, 0.15) is 0 Å². The summed E-state index contributed by atoms with van der Waals surface area (Å²) in [5, 5.41) is 6.20. The second kappa shape index (κ2) is 6.22. The molecule has 0 N–H and O–H groups in total. The molecular weight excluding hydrogens is 274 g/mol. The summed E-state index contributed by atoms with van der Waals surface area (Å²) < 4.78 is 0. The van der Waals surface area contributed by atoms with E-state index in [1.807, 2.05) is 55.5 Å². The molecule has 3 aromatic rings. The van der Waals surface area contributed by atoms with Gasteiger partial charge in [-0.3, -0.25) is 0 Å². The minimum Gasteiger partial charge on any atom is -0.313 e. The monoisotopic (exact) mass is 289 g/mol. The first-order valence-electron chi connectivity index (χ1n) is 7.05. The Bertz CT molecular complexity index is 833. The Kier molecular flexibility index (Phi) is 3.97. The summed E-state index contributed by atoms with van der Waals surface area (Å²) in [6.07, 6.45) is 0. The summed E-state index contributed by atoms with van der Waals surface area (Å²) in [6.45, 7) is 1.83. The lowest BCUT2D eigenvalue weighted by Gasteiger charge is -2.05. The SMILES string of the molecule is CC(=NOC(=O)c1ccccc1)c1cccc2ccccc12. The fourth-order valence-electron chi connectivity index (χ4n) is 2.33. The lowest BCUT2D eigenvalue weighted by molar-refractivity contribution is 0.0516. The van der Waals surface area contributed by atoms with Crippen LogP contribution in [-0.4, -0.2) is 11.7 Å². The molecule has 0 unspecified atom stereocenters. The van der Waals surface area contributed by atoms with Gasteiger partial charge in [0.05, 0.1) is 11.3 Å². The number of carbonyl (C=O) groups excluding carboxylic acids is 1. The Morgan fingerprint density at radius 1 is 0.864 bits per heavy atom. The molecule has 0 atom stereocenters. The lowest BCUT2D eigenvalue weighted by Crippen LogP contribution is -2.04. The number of benzene rings is 3. The average Bonchev–Trinajstić information content (AvgIpc) is 2.59. The van der Waals surface area contributed by atoms with Gasteiger partial charge in [-0.15, -0.1) is 0 Å². The quantitative estimate of drug-likeness (QED) is 0.406. The lowest BCUT2D eigenvalue weighted by atomic mass is 10.0. The van der Waals surface area contributed by atoms with Crippen LogP contribution in [0.1, 0.15) is 22.8 Å². The number of fused-ring (bicyclic) bond motifs is 1. The molecule has 0 heterocycles. The molecule has 0 aliphatic heterocycles. The van der Waals surface area contributed by atoms with Crippen molar-refractivity contribution >= 4 is 22.5 Å². The van der Waals surface area contributed by atoms with Gasteiger partial charge in [-0.1, -0.05) is 65.8 Å². The van der Waals surface area contributed by atoms with Crippen molar-refractivity contribution in [1.82, 2.24) is 0 Å². The molecule has 0 bridgehead atoms. The van der Waals surface area contributed by atoms with Gasteiger partial charge in [0.15, 0.2) is 0 Å². The van der Waals surface area contributed by atoms with Crippen LogP contribution in [-0.2, 0) is 4.84 Å². The zero-order valence-corrected chi connectivity index (χ0v) is 12.2. The van der Waals surface area contributed by atoms with Gasteiger partial charge in [-0.2, -0.15) is 0 Å². The maximum atomic E-state index is 11.9.